The third-order valence-corrected chi connectivity index (χ3v) is 6.11. The van der Waals surface area contributed by atoms with Crippen LogP contribution in [0.2, 0.25) is 0 Å². The minimum atomic E-state index is -0.151. The second-order valence-corrected chi connectivity index (χ2v) is 8.15. The zero-order chi connectivity index (χ0) is 21.0. The number of hydrogen-bond acceptors (Lipinski definition) is 6. The van der Waals surface area contributed by atoms with E-state index in [1.54, 1.807) is 6.07 Å². The van der Waals surface area contributed by atoms with Gasteiger partial charge in [-0.2, -0.15) is 4.98 Å². The molecule has 0 bridgehead atoms. The van der Waals surface area contributed by atoms with Gasteiger partial charge in [0.1, 0.15) is 11.4 Å². The van der Waals surface area contributed by atoms with Crippen LogP contribution >= 0.6 is 0 Å². The van der Waals surface area contributed by atoms with Gasteiger partial charge in [0.15, 0.2) is 0 Å². The Labute approximate surface area is 181 Å². The quantitative estimate of drug-likeness (QED) is 0.593. The van der Waals surface area contributed by atoms with Crippen molar-refractivity contribution >= 4 is 16.7 Å². The lowest BCUT2D eigenvalue weighted by molar-refractivity contribution is 0.236. The number of piperazine rings is 1. The summed E-state index contributed by atoms with van der Waals surface area (Å²) < 4.78 is 11.5. The van der Waals surface area contributed by atoms with Crippen LogP contribution in [-0.2, 0) is 6.42 Å². The van der Waals surface area contributed by atoms with Crippen molar-refractivity contribution in [3.63, 3.8) is 0 Å². The Balaban J connectivity index is 1.04. The third kappa shape index (κ3) is 4.51. The highest BCUT2D eigenvalue weighted by Crippen LogP contribution is 2.34. The number of aromatic amines is 1. The molecule has 162 valence electrons. The SMILES string of the molecule is O=c1ccc2ccc(OCCCCN3CCN(c4cccc5c4CCO5)CC3)nc2[nH]1. The molecule has 31 heavy (non-hydrogen) atoms. The molecule has 2 aliphatic heterocycles. The molecule has 0 spiro atoms. The highest BCUT2D eigenvalue weighted by molar-refractivity contribution is 5.74. The number of nitrogens with zero attached hydrogens (tertiary/aromatic N) is 3. The summed E-state index contributed by atoms with van der Waals surface area (Å²) in [4.78, 5) is 23.6. The van der Waals surface area contributed by atoms with Gasteiger partial charge in [-0.05, 0) is 43.7 Å². The zero-order valence-electron chi connectivity index (χ0n) is 17.7. The second kappa shape index (κ2) is 8.98. The summed E-state index contributed by atoms with van der Waals surface area (Å²) in [6.07, 6.45) is 3.10. The van der Waals surface area contributed by atoms with Gasteiger partial charge in [-0.15, -0.1) is 0 Å². The van der Waals surface area contributed by atoms with E-state index in [0.717, 1.165) is 69.7 Å². The molecule has 7 heteroatoms. The number of hydrogen-bond donors (Lipinski definition) is 1. The fourth-order valence-corrected chi connectivity index (χ4v) is 4.42. The Bertz CT molecular complexity index is 1110. The van der Waals surface area contributed by atoms with Crippen molar-refractivity contribution in [2.45, 2.75) is 19.3 Å². The molecule has 0 radical (unpaired) electrons. The summed E-state index contributed by atoms with van der Waals surface area (Å²) in [6, 6.07) is 13.5. The van der Waals surface area contributed by atoms with Gasteiger partial charge >= 0.3 is 0 Å². The molecule has 2 aromatic heterocycles. The first-order valence-electron chi connectivity index (χ1n) is 11.1. The summed E-state index contributed by atoms with van der Waals surface area (Å²) in [5.74, 6) is 1.62. The lowest BCUT2D eigenvalue weighted by Gasteiger charge is -2.36. The first-order valence-corrected chi connectivity index (χ1v) is 11.1. The molecule has 0 amide bonds. The Morgan fingerprint density at radius 3 is 2.81 bits per heavy atom. The summed E-state index contributed by atoms with van der Waals surface area (Å²) >= 11 is 0. The van der Waals surface area contributed by atoms with E-state index in [9.17, 15) is 4.79 Å². The van der Waals surface area contributed by atoms with Crippen LogP contribution in [0.4, 0.5) is 5.69 Å². The van der Waals surface area contributed by atoms with E-state index >= 15 is 0 Å². The highest BCUT2D eigenvalue weighted by atomic mass is 16.5. The van der Waals surface area contributed by atoms with E-state index < -0.39 is 0 Å². The Morgan fingerprint density at radius 1 is 1.03 bits per heavy atom. The number of ether oxygens (including phenoxy) is 2. The summed E-state index contributed by atoms with van der Waals surface area (Å²) in [5.41, 5.74) is 3.15. The normalized spacial score (nSPS) is 16.3. The van der Waals surface area contributed by atoms with Crippen molar-refractivity contribution in [2.24, 2.45) is 0 Å². The number of benzene rings is 1. The van der Waals surface area contributed by atoms with Crippen LogP contribution in [0.25, 0.3) is 11.0 Å². The molecule has 3 aromatic rings. The predicted molar refractivity (Wildman–Crippen MR) is 121 cm³/mol. The molecule has 2 aliphatic rings. The van der Waals surface area contributed by atoms with Crippen LogP contribution in [0, 0.1) is 0 Å². The lowest BCUT2D eigenvalue weighted by Crippen LogP contribution is -2.46. The minimum absolute atomic E-state index is 0.151. The van der Waals surface area contributed by atoms with E-state index in [4.69, 9.17) is 9.47 Å². The van der Waals surface area contributed by atoms with E-state index in [0.29, 0.717) is 18.1 Å². The van der Waals surface area contributed by atoms with Crippen LogP contribution in [0.1, 0.15) is 18.4 Å². The van der Waals surface area contributed by atoms with Gasteiger partial charge in [0, 0.05) is 61.4 Å². The van der Waals surface area contributed by atoms with Crippen LogP contribution in [0.15, 0.2) is 47.3 Å². The minimum Gasteiger partial charge on any atom is -0.493 e. The smallest absolute Gasteiger partial charge is 0.249 e. The first kappa shape index (κ1) is 19.9. The Morgan fingerprint density at radius 2 is 1.90 bits per heavy atom. The average molecular weight is 421 g/mol. The van der Waals surface area contributed by atoms with E-state index in [-0.39, 0.29) is 5.56 Å². The maximum Gasteiger partial charge on any atom is 0.249 e. The number of H-pyrrole nitrogens is 1. The van der Waals surface area contributed by atoms with Gasteiger partial charge < -0.3 is 19.4 Å². The molecular formula is C24H28N4O3. The van der Waals surface area contributed by atoms with Gasteiger partial charge in [-0.3, -0.25) is 9.69 Å². The van der Waals surface area contributed by atoms with Crippen LogP contribution < -0.4 is 19.9 Å². The maximum absolute atomic E-state index is 11.4. The molecule has 1 N–H and O–H groups in total. The predicted octanol–water partition coefficient (Wildman–Crippen LogP) is 2.84. The number of pyridine rings is 2. The average Bonchev–Trinajstić information content (AvgIpc) is 3.28. The first-order chi connectivity index (χ1) is 15.3. The van der Waals surface area contributed by atoms with E-state index in [2.05, 4.69) is 38.0 Å². The number of rotatable bonds is 7. The zero-order valence-corrected chi connectivity index (χ0v) is 17.7. The topological polar surface area (TPSA) is 70.7 Å². The number of aromatic nitrogens is 2. The highest BCUT2D eigenvalue weighted by Gasteiger charge is 2.22. The Hall–Kier alpha value is -3.06. The molecule has 4 heterocycles. The molecule has 0 unspecified atom stereocenters. The van der Waals surface area contributed by atoms with Crippen molar-refractivity contribution in [3.05, 3.63) is 58.4 Å². The molecular weight excluding hydrogens is 392 g/mol. The van der Waals surface area contributed by atoms with Gasteiger partial charge in [0.2, 0.25) is 11.4 Å². The summed E-state index contributed by atoms with van der Waals surface area (Å²) in [6.45, 7) is 6.83. The number of anilines is 1. The van der Waals surface area contributed by atoms with Crippen LogP contribution in [0.3, 0.4) is 0 Å². The van der Waals surface area contributed by atoms with Gasteiger partial charge in [-0.25, -0.2) is 0 Å². The maximum atomic E-state index is 11.4. The summed E-state index contributed by atoms with van der Waals surface area (Å²) in [5, 5.41) is 0.902. The summed E-state index contributed by atoms with van der Waals surface area (Å²) in [7, 11) is 0. The molecule has 7 nitrogen and oxygen atoms in total. The molecule has 0 aliphatic carbocycles. The van der Waals surface area contributed by atoms with Gasteiger partial charge in [0.05, 0.1) is 13.2 Å². The molecule has 5 rings (SSSR count). The number of fused-ring (bicyclic) bond motifs is 2. The van der Waals surface area contributed by atoms with Crippen molar-refractivity contribution in [1.29, 1.82) is 0 Å². The largest absolute Gasteiger partial charge is 0.493 e. The van der Waals surface area contributed by atoms with E-state index in [1.807, 2.05) is 12.1 Å². The monoisotopic (exact) mass is 420 g/mol. The lowest BCUT2D eigenvalue weighted by atomic mass is 10.1. The molecule has 0 saturated carbocycles. The van der Waals surface area contributed by atoms with Gasteiger partial charge in [0.25, 0.3) is 0 Å². The van der Waals surface area contributed by atoms with Crippen molar-refractivity contribution in [1.82, 2.24) is 14.9 Å². The van der Waals surface area contributed by atoms with Crippen molar-refractivity contribution < 1.29 is 9.47 Å². The van der Waals surface area contributed by atoms with Crippen molar-refractivity contribution in [2.75, 3.05) is 50.8 Å². The Kier molecular flexibility index (Phi) is 5.76. The van der Waals surface area contributed by atoms with Crippen molar-refractivity contribution in [3.8, 4) is 11.6 Å². The standard InChI is InChI=1S/C24H28N4O3/c29-22-8-6-18-7-9-23(26-24(18)25-22)31-16-2-1-11-27-12-14-28(15-13-27)20-4-3-5-21-19(20)10-17-30-21/h3-9H,1-2,10-17H2,(H,25,26,29). The fourth-order valence-electron chi connectivity index (χ4n) is 4.42. The molecule has 1 aromatic carbocycles. The molecule has 1 saturated heterocycles. The molecule has 0 atom stereocenters. The van der Waals surface area contributed by atoms with Crippen LogP contribution in [0.5, 0.6) is 11.6 Å². The van der Waals surface area contributed by atoms with Gasteiger partial charge in [-0.1, -0.05) is 6.07 Å². The van der Waals surface area contributed by atoms with Crippen LogP contribution in [-0.4, -0.2) is 60.8 Å². The second-order valence-electron chi connectivity index (χ2n) is 8.15. The van der Waals surface area contributed by atoms with E-state index in [1.165, 1.54) is 17.3 Å². The molecule has 1 fully saturated rings. The third-order valence-electron chi connectivity index (χ3n) is 6.11. The number of nitrogens with one attached hydrogen (secondary N) is 1. The fraction of sp³-hybridized carbons (Fsp3) is 0.417. The number of unbranched alkanes of at least 4 members (excludes halogenated alkanes) is 1.